The van der Waals surface area contributed by atoms with E-state index in [1.165, 1.54) is 0 Å². The van der Waals surface area contributed by atoms with Crippen molar-refractivity contribution in [1.82, 2.24) is 0 Å². The second-order valence-electron chi connectivity index (χ2n) is 1.68. The van der Waals surface area contributed by atoms with E-state index in [2.05, 4.69) is 12.6 Å². The minimum Gasteiger partial charge on any atom is -0.398 e. The quantitative estimate of drug-likeness (QED) is 0.441. The van der Waals surface area contributed by atoms with Crippen LogP contribution in [-0.4, -0.2) is 0 Å². The maximum absolute atomic E-state index is 5.66. The third-order valence-corrected chi connectivity index (χ3v) is 1.96. The van der Waals surface area contributed by atoms with Crippen LogP contribution in [0.1, 0.15) is 0 Å². The number of halogens is 1. The first-order chi connectivity index (χ1) is 4.22. The third-order valence-electron chi connectivity index (χ3n) is 1.02. The Morgan fingerprint density at radius 2 is 2.11 bits per heavy atom. The van der Waals surface area contributed by atoms with Crippen molar-refractivity contribution in [2.24, 2.45) is 0 Å². The van der Waals surface area contributed by atoms with Crippen LogP contribution in [0.5, 0.6) is 0 Å². The van der Waals surface area contributed by atoms with Gasteiger partial charge in [0.15, 0.2) is 0 Å². The summed E-state index contributed by atoms with van der Waals surface area (Å²) in [6.45, 7) is 0. The van der Waals surface area contributed by atoms with Gasteiger partial charge in [-0.15, -0.1) is 12.6 Å². The molecule has 0 amide bonds. The van der Waals surface area contributed by atoms with Gasteiger partial charge in [0.2, 0.25) is 0 Å². The molecule has 0 aromatic heterocycles. The van der Waals surface area contributed by atoms with Gasteiger partial charge in [-0.1, -0.05) is 17.7 Å². The van der Waals surface area contributed by atoms with Crippen molar-refractivity contribution < 1.29 is 0 Å². The molecule has 3 heteroatoms. The molecule has 1 aromatic rings. The SMILES string of the molecule is Nc1cccc(Cl)c1S. The van der Waals surface area contributed by atoms with E-state index >= 15 is 0 Å². The Bertz CT molecular complexity index is 204. The number of nitrogens with two attached hydrogens (primary N) is 1. The van der Waals surface area contributed by atoms with Crippen molar-refractivity contribution in [2.75, 3.05) is 5.73 Å². The maximum Gasteiger partial charge on any atom is 0.0560 e. The van der Waals surface area contributed by atoms with Gasteiger partial charge in [0.1, 0.15) is 0 Å². The molecule has 0 atom stereocenters. The Labute approximate surface area is 64.2 Å². The van der Waals surface area contributed by atoms with Crippen LogP contribution in [0.4, 0.5) is 5.69 Å². The summed E-state index contributed by atoms with van der Waals surface area (Å²) in [5, 5.41) is 0.596. The van der Waals surface area contributed by atoms with Gasteiger partial charge in [0, 0.05) is 10.6 Å². The fourth-order valence-corrected chi connectivity index (χ4v) is 0.863. The van der Waals surface area contributed by atoms with Crippen molar-refractivity contribution in [2.45, 2.75) is 4.90 Å². The summed E-state index contributed by atoms with van der Waals surface area (Å²) in [6, 6.07) is 5.30. The lowest BCUT2D eigenvalue weighted by Gasteiger charge is -1.97. The lowest BCUT2D eigenvalue weighted by atomic mass is 10.3. The van der Waals surface area contributed by atoms with Crippen molar-refractivity contribution in [3.8, 4) is 0 Å². The molecule has 0 unspecified atom stereocenters. The molecule has 0 aliphatic rings. The molecule has 1 aromatic carbocycles. The molecule has 0 radical (unpaired) electrons. The summed E-state index contributed by atoms with van der Waals surface area (Å²) in [4.78, 5) is 0.652. The Morgan fingerprint density at radius 1 is 1.44 bits per heavy atom. The highest BCUT2D eigenvalue weighted by molar-refractivity contribution is 7.80. The van der Waals surface area contributed by atoms with E-state index in [0.717, 1.165) is 0 Å². The van der Waals surface area contributed by atoms with Crippen LogP contribution < -0.4 is 5.73 Å². The Morgan fingerprint density at radius 3 is 2.56 bits per heavy atom. The number of anilines is 1. The van der Waals surface area contributed by atoms with Crippen LogP contribution in [0.15, 0.2) is 23.1 Å². The van der Waals surface area contributed by atoms with Crippen molar-refractivity contribution in [3.05, 3.63) is 23.2 Å². The molecular formula is C6H6ClNS. The number of hydrogen-bond donors (Lipinski definition) is 2. The van der Waals surface area contributed by atoms with Crippen LogP contribution in [0.3, 0.4) is 0 Å². The van der Waals surface area contributed by atoms with Gasteiger partial charge < -0.3 is 5.73 Å². The predicted octanol–water partition coefficient (Wildman–Crippen LogP) is 2.21. The standard InChI is InChI=1S/C6H6ClNS/c7-4-2-1-3-5(8)6(4)9/h1-3,9H,8H2. The maximum atomic E-state index is 5.66. The average Bonchev–Trinajstić information content (AvgIpc) is 1.83. The Hall–Kier alpha value is -0.340. The zero-order valence-electron chi connectivity index (χ0n) is 4.63. The number of thiol groups is 1. The topological polar surface area (TPSA) is 26.0 Å². The Balaban J connectivity index is 3.25. The summed E-state index contributed by atoms with van der Waals surface area (Å²) >= 11 is 9.71. The number of rotatable bonds is 0. The molecule has 2 N–H and O–H groups in total. The summed E-state index contributed by atoms with van der Waals surface area (Å²) in [5.41, 5.74) is 6.08. The first-order valence-corrected chi connectivity index (χ1v) is 3.27. The first-order valence-electron chi connectivity index (χ1n) is 2.45. The molecule has 9 heavy (non-hydrogen) atoms. The summed E-state index contributed by atoms with van der Waals surface area (Å²) in [5.74, 6) is 0. The lowest BCUT2D eigenvalue weighted by molar-refractivity contribution is 1.47. The van der Waals surface area contributed by atoms with Gasteiger partial charge in [-0.3, -0.25) is 0 Å². The molecule has 1 nitrogen and oxygen atoms in total. The molecule has 0 fully saturated rings. The van der Waals surface area contributed by atoms with Crippen molar-refractivity contribution >= 4 is 29.9 Å². The Kier molecular flexibility index (Phi) is 1.88. The highest BCUT2D eigenvalue weighted by Crippen LogP contribution is 2.24. The molecule has 0 saturated heterocycles. The molecule has 0 aliphatic carbocycles. The second-order valence-corrected chi connectivity index (χ2v) is 2.53. The van der Waals surface area contributed by atoms with Crippen LogP contribution >= 0.6 is 24.2 Å². The molecule has 48 valence electrons. The third kappa shape index (κ3) is 1.32. The van der Waals surface area contributed by atoms with E-state index in [0.29, 0.717) is 15.6 Å². The minimum atomic E-state index is 0.596. The van der Waals surface area contributed by atoms with Crippen LogP contribution in [0.2, 0.25) is 5.02 Å². The van der Waals surface area contributed by atoms with E-state index in [9.17, 15) is 0 Å². The van der Waals surface area contributed by atoms with Crippen molar-refractivity contribution in [1.29, 1.82) is 0 Å². The van der Waals surface area contributed by atoms with Crippen LogP contribution in [0, 0.1) is 0 Å². The van der Waals surface area contributed by atoms with E-state index in [1.54, 1.807) is 18.2 Å². The number of hydrogen-bond acceptors (Lipinski definition) is 2. The van der Waals surface area contributed by atoms with Gasteiger partial charge in [0.25, 0.3) is 0 Å². The van der Waals surface area contributed by atoms with Gasteiger partial charge in [-0.05, 0) is 12.1 Å². The minimum absolute atomic E-state index is 0.596. The van der Waals surface area contributed by atoms with Gasteiger partial charge in [-0.2, -0.15) is 0 Å². The lowest BCUT2D eigenvalue weighted by Crippen LogP contribution is -1.85. The van der Waals surface area contributed by atoms with E-state index < -0.39 is 0 Å². The van der Waals surface area contributed by atoms with E-state index in [4.69, 9.17) is 17.3 Å². The smallest absolute Gasteiger partial charge is 0.0560 e. The number of nitrogen functional groups attached to an aromatic ring is 1. The average molecular weight is 160 g/mol. The van der Waals surface area contributed by atoms with Gasteiger partial charge in [0.05, 0.1) is 5.02 Å². The molecule has 0 bridgehead atoms. The highest BCUT2D eigenvalue weighted by atomic mass is 35.5. The van der Waals surface area contributed by atoms with Gasteiger partial charge in [-0.25, -0.2) is 0 Å². The fraction of sp³-hybridized carbons (Fsp3) is 0. The van der Waals surface area contributed by atoms with E-state index in [1.807, 2.05) is 0 Å². The van der Waals surface area contributed by atoms with Crippen LogP contribution in [0.25, 0.3) is 0 Å². The molecule has 0 spiro atoms. The van der Waals surface area contributed by atoms with E-state index in [-0.39, 0.29) is 0 Å². The highest BCUT2D eigenvalue weighted by Gasteiger charge is 1.95. The molecule has 0 aliphatic heterocycles. The largest absolute Gasteiger partial charge is 0.398 e. The first kappa shape index (κ1) is 6.78. The van der Waals surface area contributed by atoms with Gasteiger partial charge >= 0.3 is 0 Å². The molecule has 0 heterocycles. The zero-order chi connectivity index (χ0) is 6.85. The fourth-order valence-electron chi connectivity index (χ4n) is 0.532. The molecule has 0 saturated carbocycles. The number of benzene rings is 1. The van der Waals surface area contributed by atoms with Crippen LogP contribution in [-0.2, 0) is 0 Å². The molecule has 1 rings (SSSR count). The monoisotopic (exact) mass is 159 g/mol. The predicted molar refractivity (Wildman–Crippen MR) is 43.1 cm³/mol. The summed E-state index contributed by atoms with van der Waals surface area (Å²) < 4.78 is 0. The van der Waals surface area contributed by atoms with Crippen molar-refractivity contribution in [3.63, 3.8) is 0 Å². The molecular weight excluding hydrogens is 154 g/mol. The summed E-state index contributed by atoms with van der Waals surface area (Å²) in [7, 11) is 0. The normalized spacial score (nSPS) is 9.56. The second kappa shape index (κ2) is 2.50. The summed E-state index contributed by atoms with van der Waals surface area (Å²) in [6.07, 6.45) is 0. The zero-order valence-corrected chi connectivity index (χ0v) is 6.28.